The standard InChI is InChI=1S/C20H19Cl3N2O4S.C20H20Cl2N2O4S.C19H16Cl4N2O4S.2C19H17Cl3N2O4S/c1-12-3-2-4-13-11-29-20(26)25(19(12)13)14-5-7-24(8-6-14)30(27,28)18-10-16(22)15(21)9-17(18)23;1-13-5-6-17-14(11-13)12-28-20(25)24(17)15-7-9-23(10-8-15)29(26,27)18-4-2-3-16(21)19(18)22;20-12-1-2-17-11(7-12)10-29-19(26)25(17)13-3-5-24(6-4-13)30(27,28)18-9-15(22)14(21)8-16(18)23;20-13-4-5-16-12(10-13)11-28-19(25)24(16)14-6-8-23(9-7-14)29(26,27)17-3-1-2-15(21)18(17)22;20-14-9-16(22)18(10-15(14)21)29(26,27)23-7-5-13(6-8-23)24-17-4-2-1-3-12(17)11-28-19(24)25/h2-4,9-10,14H,5-8,11H2,1H3;2-6,11,15H,7-10,12H2,1H3;1-2,7-9,13H,3-6,10H2;1-5,10,14H,6-9,11H2;1-4,9-10,13H,5-8,11H2. The predicted molar refractivity (Wildman–Crippen MR) is 571 cm³/mol. The highest BCUT2D eigenvalue weighted by Gasteiger charge is 2.46. The van der Waals surface area contributed by atoms with Gasteiger partial charge in [0.15, 0.2) is 0 Å². The van der Waals surface area contributed by atoms with Crippen LogP contribution in [0, 0.1) is 13.8 Å². The molecular weight excluding hydrogens is 2320 g/mol. The number of hydrogen-bond donors (Lipinski definition) is 0. The van der Waals surface area contributed by atoms with Crippen LogP contribution in [0.3, 0.4) is 0 Å². The molecule has 10 aliphatic heterocycles. The number of ether oxygens (including phenoxy) is 5. The van der Waals surface area contributed by atoms with E-state index in [0.29, 0.717) is 74.3 Å². The fourth-order valence-corrected chi connectivity index (χ4v) is 31.2. The second-order valence-electron chi connectivity index (χ2n) is 35.4. The maximum absolute atomic E-state index is 13.1. The normalized spacial score (nSPS) is 18.4. The number of nitrogens with zero attached hydrogens (tertiary/aromatic N) is 10. The third kappa shape index (κ3) is 24.0. The van der Waals surface area contributed by atoms with Crippen molar-refractivity contribution in [3.05, 3.63) is 284 Å². The highest BCUT2D eigenvalue weighted by Crippen LogP contribution is 2.46. The van der Waals surface area contributed by atoms with Crippen LogP contribution in [0.2, 0.25) is 75.3 Å². The lowest BCUT2D eigenvalue weighted by Gasteiger charge is -2.40. The molecule has 0 aliphatic carbocycles. The number of hydrogen-bond acceptors (Lipinski definition) is 20. The Morgan fingerprint density at radius 3 is 0.837 bits per heavy atom. The number of amides is 5. The topological polar surface area (TPSA) is 335 Å². The zero-order chi connectivity index (χ0) is 106. The Hall–Kier alpha value is -7.55. The number of para-hydroxylation sites is 2. The maximum Gasteiger partial charge on any atom is 0.414 e. The van der Waals surface area contributed by atoms with Crippen molar-refractivity contribution in [1.29, 1.82) is 0 Å². The smallest absolute Gasteiger partial charge is 0.414 e. The summed E-state index contributed by atoms with van der Waals surface area (Å²) in [5.41, 5.74) is 10.6. The largest absolute Gasteiger partial charge is 0.444 e. The molecule has 5 amide bonds. The lowest BCUT2D eigenvalue weighted by atomic mass is 10.00. The first kappa shape index (κ1) is 112. The van der Waals surface area contributed by atoms with Gasteiger partial charge in [-0.25, -0.2) is 66.1 Å². The summed E-state index contributed by atoms with van der Waals surface area (Å²) in [6.07, 6.45) is 2.64. The summed E-state index contributed by atoms with van der Waals surface area (Å²) in [5, 5.41) is 2.54. The van der Waals surface area contributed by atoms with Gasteiger partial charge in [-0.15, -0.1) is 0 Å². The van der Waals surface area contributed by atoms with Gasteiger partial charge in [0.05, 0.1) is 93.7 Å². The average Bonchev–Trinajstić information content (AvgIpc) is 0.768. The molecule has 147 heavy (non-hydrogen) atoms. The number of halogens is 15. The summed E-state index contributed by atoms with van der Waals surface area (Å²) in [4.78, 5) is 70.2. The van der Waals surface area contributed by atoms with Gasteiger partial charge in [-0.05, 0) is 193 Å². The number of aryl methyl sites for hydroxylation is 2. The summed E-state index contributed by atoms with van der Waals surface area (Å²) in [6.45, 7) is 7.51. The van der Waals surface area contributed by atoms with Crippen LogP contribution in [0.4, 0.5) is 52.4 Å². The number of piperidine rings is 5. The Kier molecular flexibility index (Phi) is 35.7. The van der Waals surface area contributed by atoms with Gasteiger partial charge in [0, 0.05) is 134 Å². The van der Waals surface area contributed by atoms with E-state index < -0.39 is 74.5 Å². The monoisotopic (exact) mass is 2400 g/mol. The van der Waals surface area contributed by atoms with Gasteiger partial charge in [0.25, 0.3) is 0 Å². The van der Waals surface area contributed by atoms with Crippen LogP contribution in [-0.2, 0) is 107 Å². The van der Waals surface area contributed by atoms with Crippen LogP contribution < -0.4 is 24.5 Å². The number of carbonyl (C=O) groups excluding carboxylic acids is 5. The number of sulfonamides is 5. The van der Waals surface area contributed by atoms with Crippen molar-refractivity contribution < 1.29 is 89.7 Å². The third-order valence-electron chi connectivity index (χ3n) is 26.4. The minimum atomic E-state index is -3.86. The molecule has 0 radical (unpaired) electrons. The summed E-state index contributed by atoms with van der Waals surface area (Å²) in [5.74, 6) is 0. The van der Waals surface area contributed by atoms with Gasteiger partial charge in [0.1, 0.15) is 57.5 Å². The van der Waals surface area contributed by atoms with Crippen molar-refractivity contribution in [2.45, 2.75) is 166 Å². The van der Waals surface area contributed by atoms with E-state index in [1.54, 1.807) is 85.2 Å². The Bertz CT molecular complexity index is 7280. The maximum atomic E-state index is 13.1. The van der Waals surface area contributed by atoms with E-state index in [0.717, 1.165) is 67.4 Å². The number of benzene rings is 10. The number of carbonyl (C=O) groups is 5. The van der Waals surface area contributed by atoms with Crippen molar-refractivity contribution in [2.24, 2.45) is 0 Å². The number of rotatable bonds is 15. The molecular formula is C97H89Cl15N10O20S5. The number of cyclic esters (lactones) is 5. The van der Waals surface area contributed by atoms with Crippen LogP contribution in [-0.4, -0.2) is 190 Å². The number of anilines is 5. The first-order chi connectivity index (χ1) is 69.7. The Labute approximate surface area is 925 Å². The molecule has 50 heteroatoms. The van der Waals surface area contributed by atoms with E-state index in [1.807, 2.05) is 74.5 Å². The molecule has 0 spiro atoms. The minimum Gasteiger partial charge on any atom is -0.444 e. The van der Waals surface area contributed by atoms with Gasteiger partial charge in [-0.3, -0.25) is 24.5 Å². The second kappa shape index (κ2) is 46.8. The van der Waals surface area contributed by atoms with E-state index in [9.17, 15) is 66.1 Å². The zero-order valence-corrected chi connectivity index (χ0v) is 93.0. The van der Waals surface area contributed by atoms with Gasteiger partial charge >= 0.3 is 30.5 Å². The van der Waals surface area contributed by atoms with Gasteiger partial charge in [0.2, 0.25) is 50.1 Å². The Morgan fingerprint density at radius 2 is 0.497 bits per heavy atom. The lowest BCUT2D eigenvalue weighted by Crippen LogP contribution is -2.50. The molecule has 0 atom stereocenters. The summed E-state index contributed by atoms with van der Waals surface area (Å²) in [7, 11) is -19.1. The van der Waals surface area contributed by atoms with E-state index in [1.165, 1.54) is 70.1 Å². The molecule has 10 heterocycles. The third-order valence-corrected chi connectivity index (χ3v) is 41.9. The molecule has 20 rings (SSSR count). The Morgan fingerprint density at radius 1 is 0.238 bits per heavy atom. The highest BCUT2D eigenvalue weighted by atomic mass is 35.5. The molecule has 0 aromatic heterocycles. The zero-order valence-electron chi connectivity index (χ0n) is 77.6. The van der Waals surface area contributed by atoms with Crippen LogP contribution >= 0.6 is 174 Å². The molecule has 10 aliphatic rings. The highest BCUT2D eigenvalue weighted by molar-refractivity contribution is 7.90. The quantitative estimate of drug-likeness (QED) is 0.0679. The minimum absolute atomic E-state index is 0.00307. The molecule has 10 aromatic carbocycles. The van der Waals surface area contributed by atoms with Crippen LogP contribution in [0.25, 0.3) is 0 Å². The summed E-state index contributed by atoms with van der Waals surface area (Å²) >= 11 is 90.4. The van der Waals surface area contributed by atoms with Crippen molar-refractivity contribution in [3.63, 3.8) is 0 Å². The van der Waals surface area contributed by atoms with Crippen molar-refractivity contribution >= 4 is 283 Å². The van der Waals surface area contributed by atoms with Crippen molar-refractivity contribution in [1.82, 2.24) is 21.5 Å². The molecule has 5 saturated heterocycles. The van der Waals surface area contributed by atoms with E-state index >= 15 is 0 Å². The molecule has 0 saturated carbocycles. The average molecular weight is 2410 g/mol. The fraction of sp³-hybridized carbons (Fsp3) is 0.330. The molecule has 0 unspecified atom stereocenters. The Balaban J connectivity index is 0.000000131. The van der Waals surface area contributed by atoms with E-state index in [2.05, 4.69) is 0 Å². The molecule has 5 fully saturated rings. The van der Waals surface area contributed by atoms with Crippen LogP contribution in [0.5, 0.6) is 0 Å². The van der Waals surface area contributed by atoms with Gasteiger partial charge < -0.3 is 23.7 Å². The van der Waals surface area contributed by atoms with Gasteiger partial charge in [-0.2, -0.15) is 21.5 Å². The van der Waals surface area contributed by atoms with Gasteiger partial charge in [-0.1, -0.05) is 240 Å². The SMILES string of the molecule is Cc1ccc2c(c1)COC(=O)N2C1CCN(S(=O)(=O)c2cccc(Cl)c2Cl)CC1.Cc1cccc2c1N(C1CCN(S(=O)(=O)c3cc(Cl)c(Cl)cc3Cl)CC1)C(=O)OC2.O=C1OCc2cc(Cl)ccc2N1C1CCN(S(=O)(=O)c2cc(Cl)c(Cl)cc2Cl)CC1.O=C1OCc2cc(Cl)ccc2N1C1CCN(S(=O)(=O)c2cccc(Cl)c2Cl)CC1.O=C1OCc2ccccc2N1C1CCN(S(=O)(=O)c2cc(Cl)c(Cl)cc2Cl)CC1. The van der Waals surface area contributed by atoms with E-state index in [4.69, 9.17) is 198 Å². The fourth-order valence-electron chi connectivity index (χ4n) is 19.0. The van der Waals surface area contributed by atoms with Crippen molar-refractivity contribution in [3.8, 4) is 0 Å². The van der Waals surface area contributed by atoms with Crippen LogP contribution in [0.1, 0.15) is 103 Å². The molecule has 0 N–H and O–H groups in total. The number of fused-ring (bicyclic) bond motifs is 5. The summed E-state index contributed by atoms with van der Waals surface area (Å²) in [6, 6.07) is 45.9. The van der Waals surface area contributed by atoms with Crippen molar-refractivity contribution in [2.75, 3.05) is 89.9 Å². The molecule has 0 bridgehead atoms. The summed E-state index contributed by atoms with van der Waals surface area (Å²) < 4.78 is 164. The molecule has 782 valence electrons. The first-order valence-electron chi connectivity index (χ1n) is 45.7. The predicted octanol–water partition coefficient (Wildman–Crippen LogP) is 25.4. The van der Waals surface area contributed by atoms with Crippen LogP contribution in [0.15, 0.2) is 194 Å². The van der Waals surface area contributed by atoms with E-state index in [-0.39, 0.29) is 225 Å². The first-order valence-corrected chi connectivity index (χ1v) is 58.6. The molecule has 10 aromatic rings. The lowest BCUT2D eigenvalue weighted by molar-refractivity contribution is 0.135. The second-order valence-corrected chi connectivity index (χ2v) is 51.0. The molecule has 30 nitrogen and oxygen atoms in total.